The van der Waals surface area contributed by atoms with Crippen molar-refractivity contribution in [3.63, 3.8) is 0 Å². The first-order valence-corrected chi connectivity index (χ1v) is 9.64. The molecule has 0 aliphatic heterocycles. The number of carbonyl (C=O) groups is 2. The van der Waals surface area contributed by atoms with E-state index >= 15 is 0 Å². The van der Waals surface area contributed by atoms with Crippen LogP contribution in [0, 0.1) is 12.7 Å². The summed E-state index contributed by atoms with van der Waals surface area (Å²) in [5.74, 6) is -1.09. The molecule has 31 heavy (non-hydrogen) atoms. The Bertz CT molecular complexity index is 1060. The van der Waals surface area contributed by atoms with Crippen LogP contribution in [0.5, 0.6) is 5.75 Å². The molecule has 0 heterocycles. The number of anilines is 1. The number of rotatable bonds is 8. The van der Waals surface area contributed by atoms with Crippen molar-refractivity contribution >= 4 is 23.7 Å². The van der Waals surface area contributed by atoms with E-state index in [1.54, 1.807) is 30.3 Å². The number of hydrazone groups is 1. The first-order chi connectivity index (χ1) is 15.0. The molecule has 0 saturated heterocycles. The number of ether oxygens (including phenoxy) is 1. The lowest BCUT2D eigenvalue weighted by Gasteiger charge is -2.07. The third-order valence-electron chi connectivity index (χ3n) is 4.28. The third-order valence-corrected chi connectivity index (χ3v) is 4.28. The maximum atomic E-state index is 13.5. The monoisotopic (exact) mass is 419 g/mol. The van der Waals surface area contributed by atoms with E-state index in [2.05, 4.69) is 15.8 Å². The van der Waals surface area contributed by atoms with Gasteiger partial charge in [0.25, 0.3) is 0 Å². The fourth-order valence-corrected chi connectivity index (χ4v) is 2.62. The Kier molecular flexibility index (Phi) is 7.48. The van der Waals surface area contributed by atoms with Crippen LogP contribution >= 0.6 is 0 Å². The third kappa shape index (κ3) is 7.08. The van der Waals surface area contributed by atoms with Gasteiger partial charge in [0.2, 0.25) is 11.8 Å². The molecule has 158 valence electrons. The van der Waals surface area contributed by atoms with Crippen molar-refractivity contribution in [3.05, 3.63) is 95.3 Å². The summed E-state index contributed by atoms with van der Waals surface area (Å²) >= 11 is 0. The highest BCUT2D eigenvalue weighted by Crippen LogP contribution is 2.14. The molecule has 2 N–H and O–H groups in total. The maximum Gasteiger partial charge on any atom is 0.249 e. The number of nitrogens with one attached hydrogen (secondary N) is 2. The van der Waals surface area contributed by atoms with Gasteiger partial charge in [-0.3, -0.25) is 9.59 Å². The molecule has 6 nitrogen and oxygen atoms in total. The molecule has 3 rings (SSSR count). The van der Waals surface area contributed by atoms with Crippen LogP contribution in [0.1, 0.15) is 23.1 Å². The molecule has 0 saturated carbocycles. The normalized spacial score (nSPS) is 10.6. The minimum atomic E-state index is -0.632. The fourth-order valence-electron chi connectivity index (χ4n) is 2.62. The minimum Gasteiger partial charge on any atom is -0.489 e. The van der Waals surface area contributed by atoms with E-state index in [4.69, 9.17) is 4.74 Å². The summed E-state index contributed by atoms with van der Waals surface area (Å²) in [5, 5.41) is 6.17. The predicted octanol–water partition coefficient (Wildman–Crippen LogP) is 4.19. The molecule has 0 aliphatic rings. The zero-order valence-electron chi connectivity index (χ0n) is 17.0. The van der Waals surface area contributed by atoms with Crippen molar-refractivity contribution in [2.45, 2.75) is 20.0 Å². The van der Waals surface area contributed by atoms with Crippen molar-refractivity contribution in [1.29, 1.82) is 0 Å². The van der Waals surface area contributed by atoms with Crippen molar-refractivity contribution in [2.24, 2.45) is 5.10 Å². The lowest BCUT2D eigenvalue weighted by Crippen LogP contribution is -2.24. The van der Waals surface area contributed by atoms with E-state index in [0.717, 1.165) is 11.1 Å². The largest absolute Gasteiger partial charge is 0.489 e. The number of halogens is 1. The lowest BCUT2D eigenvalue weighted by atomic mass is 10.2. The molecular weight excluding hydrogens is 397 g/mol. The van der Waals surface area contributed by atoms with Gasteiger partial charge in [0.15, 0.2) is 0 Å². The number of aryl methyl sites for hydroxylation is 1. The number of benzene rings is 3. The second-order valence-electron chi connectivity index (χ2n) is 6.84. The second-order valence-corrected chi connectivity index (χ2v) is 6.84. The molecule has 3 aromatic rings. The summed E-state index contributed by atoms with van der Waals surface area (Å²) in [5.41, 5.74) is 5.32. The van der Waals surface area contributed by atoms with Crippen molar-refractivity contribution in [1.82, 2.24) is 5.43 Å². The Hall–Kier alpha value is -4.00. The Morgan fingerprint density at radius 2 is 1.68 bits per heavy atom. The number of amides is 2. The fraction of sp³-hybridized carbons (Fsp3) is 0.125. The molecule has 0 atom stereocenters. The smallest absolute Gasteiger partial charge is 0.249 e. The van der Waals surface area contributed by atoms with Gasteiger partial charge < -0.3 is 10.1 Å². The van der Waals surface area contributed by atoms with Crippen LogP contribution in [0.2, 0.25) is 0 Å². The molecule has 0 aliphatic carbocycles. The molecule has 7 heteroatoms. The Morgan fingerprint density at radius 3 is 2.39 bits per heavy atom. The van der Waals surface area contributed by atoms with Gasteiger partial charge in [0.05, 0.1) is 11.9 Å². The molecular formula is C24H22FN3O3. The summed E-state index contributed by atoms with van der Waals surface area (Å²) < 4.78 is 19.3. The lowest BCUT2D eigenvalue weighted by molar-refractivity contribution is -0.126. The van der Waals surface area contributed by atoms with Crippen LogP contribution < -0.4 is 15.5 Å². The van der Waals surface area contributed by atoms with Crippen LogP contribution in [0.25, 0.3) is 0 Å². The average Bonchev–Trinajstić information content (AvgIpc) is 2.76. The quantitative estimate of drug-likeness (QED) is 0.326. The van der Waals surface area contributed by atoms with Gasteiger partial charge in [0.1, 0.15) is 24.6 Å². The molecule has 0 spiro atoms. The Balaban J connectivity index is 1.42. The molecule has 3 aromatic carbocycles. The van der Waals surface area contributed by atoms with Gasteiger partial charge in [-0.2, -0.15) is 5.10 Å². The van der Waals surface area contributed by atoms with Crippen molar-refractivity contribution in [3.8, 4) is 5.75 Å². The molecule has 2 amide bonds. The molecule has 0 unspecified atom stereocenters. The summed E-state index contributed by atoms with van der Waals surface area (Å²) in [6.07, 6.45) is 0.980. The zero-order chi connectivity index (χ0) is 22.1. The number of nitrogens with zero attached hydrogens (tertiary/aromatic N) is 1. The highest BCUT2D eigenvalue weighted by molar-refractivity contribution is 6.03. The predicted molar refractivity (Wildman–Crippen MR) is 117 cm³/mol. The van der Waals surface area contributed by atoms with Gasteiger partial charge in [-0.15, -0.1) is 0 Å². The highest BCUT2D eigenvalue weighted by atomic mass is 19.1. The van der Waals surface area contributed by atoms with Gasteiger partial charge >= 0.3 is 0 Å². The van der Waals surface area contributed by atoms with E-state index in [-0.39, 0.29) is 5.69 Å². The van der Waals surface area contributed by atoms with Crippen LogP contribution in [0.4, 0.5) is 10.1 Å². The van der Waals surface area contributed by atoms with Crippen molar-refractivity contribution in [2.75, 3.05) is 5.32 Å². The van der Waals surface area contributed by atoms with E-state index in [1.165, 1.54) is 30.0 Å². The van der Waals surface area contributed by atoms with Gasteiger partial charge in [-0.1, -0.05) is 42.0 Å². The summed E-state index contributed by atoms with van der Waals surface area (Å²) in [6, 6.07) is 21.1. The number of carbonyl (C=O) groups excluding carboxylic acids is 2. The molecule has 0 bridgehead atoms. The van der Waals surface area contributed by atoms with Crippen LogP contribution in [-0.2, 0) is 16.2 Å². The highest BCUT2D eigenvalue weighted by Gasteiger charge is 2.10. The number of hydrogen-bond donors (Lipinski definition) is 2. The Morgan fingerprint density at radius 1 is 0.968 bits per heavy atom. The summed E-state index contributed by atoms with van der Waals surface area (Å²) in [7, 11) is 0. The average molecular weight is 419 g/mol. The van der Waals surface area contributed by atoms with Crippen LogP contribution in [-0.4, -0.2) is 18.0 Å². The van der Waals surface area contributed by atoms with E-state index < -0.39 is 24.1 Å². The SMILES string of the molecule is Cc1ccc(COc2ccc(C=NNC(=O)CC(=O)Nc3ccccc3F)cc2)cc1. The first-order valence-electron chi connectivity index (χ1n) is 9.64. The van der Waals surface area contributed by atoms with Crippen LogP contribution in [0.15, 0.2) is 77.9 Å². The van der Waals surface area contributed by atoms with Gasteiger partial charge in [-0.25, -0.2) is 9.82 Å². The molecule has 0 radical (unpaired) electrons. The van der Waals surface area contributed by atoms with Gasteiger partial charge in [0, 0.05) is 0 Å². The molecule has 0 fully saturated rings. The molecule has 0 aromatic heterocycles. The first kappa shape index (κ1) is 21.7. The van der Waals surface area contributed by atoms with E-state index in [0.29, 0.717) is 12.4 Å². The van der Waals surface area contributed by atoms with Crippen LogP contribution in [0.3, 0.4) is 0 Å². The topological polar surface area (TPSA) is 79.8 Å². The van der Waals surface area contributed by atoms with E-state index in [9.17, 15) is 14.0 Å². The second kappa shape index (κ2) is 10.7. The van der Waals surface area contributed by atoms with Gasteiger partial charge in [-0.05, 0) is 54.4 Å². The van der Waals surface area contributed by atoms with Crippen molar-refractivity contribution < 1.29 is 18.7 Å². The Labute approximate surface area is 179 Å². The maximum absolute atomic E-state index is 13.5. The summed E-state index contributed by atoms with van der Waals surface area (Å²) in [4.78, 5) is 23.6. The number of para-hydroxylation sites is 1. The number of hydrogen-bond acceptors (Lipinski definition) is 4. The minimum absolute atomic E-state index is 0.0217. The zero-order valence-corrected chi connectivity index (χ0v) is 17.0. The van der Waals surface area contributed by atoms with E-state index in [1.807, 2.05) is 31.2 Å². The standard InChI is InChI=1S/C24H22FN3O3/c1-17-6-8-19(9-7-17)16-31-20-12-10-18(11-13-20)15-26-28-24(30)14-23(29)27-22-5-3-2-4-21(22)25/h2-13,15H,14,16H2,1H3,(H,27,29)(H,28,30). The summed E-state index contributed by atoms with van der Waals surface area (Å²) in [6.45, 7) is 2.51.